The number of fused-ring (bicyclic) bond motifs is 1. The van der Waals surface area contributed by atoms with Crippen LogP contribution in [0.15, 0.2) is 36.5 Å². The number of hydrogen-bond acceptors (Lipinski definition) is 2. The van der Waals surface area contributed by atoms with Crippen LogP contribution in [0.4, 0.5) is 4.39 Å². The highest BCUT2D eigenvalue weighted by atomic mass is 19.1. The molecule has 0 radical (unpaired) electrons. The minimum Gasteiger partial charge on any atom is -0.356 e. The van der Waals surface area contributed by atoms with Crippen LogP contribution < -0.4 is 5.32 Å². The summed E-state index contributed by atoms with van der Waals surface area (Å²) in [6.45, 7) is 5.88. The summed E-state index contributed by atoms with van der Waals surface area (Å²) < 4.78 is 13.9. The topological polar surface area (TPSA) is 57.8 Å². The van der Waals surface area contributed by atoms with Gasteiger partial charge in [0.05, 0.1) is 23.7 Å². The van der Waals surface area contributed by atoms with Gasteiger partial charge in [0.2, 0.25) is 5.91 Å². The first-order valence-electron chi connectivity index (χ1n) is 8.47. The van der Waals surface area contributed by atoms with Gasteiger partial charge in [-0.15, -0.1) is 0 Å². The molecule has 25 heavy (non-hydrogen) atoms. The van der Waals surface area contributed by atoms with Gasteiger partial charge in [0.1, 0.15) is 5.82 Å². The molecule has 1 atom stereocenters. The van der Waals surface area contributed by atoms with Crippen LogP contribution in [0.1, 0.15) is 41.9 Å². The Morgan fingerprint density at radius 2 is 2.12 bits per heavy atom. The van der Waals surface area contributed by atoms with Crippen molar-refractivity contribution in [3.63, 3.8) is 0 Å². The van der Waals surface area contributed by atoms with Crippen molar-refractivity contribution in [2.24, 2.45) is 0 Å². The molecule has 2 heterocycles. The smallest absolute Gasteiger partial charge is 0.225 e. The summed E-state index contributed by atoms with van der Waals surface area (Å²) in [4.78, 5) is 20.0. The van der Waals surface area contributed by atoms with Gasteiger partial charge < -0.3 is 10.3 Å². The first kappa shape index (κ1) is 17.1. The number of aromatic amines is 1. The molecule has 3 rings (SSSR count). The first-order chi connectivity index (χ1) is 12.0. The second-order valence-electron chi connectivity index (χ2n) is 6.35. The van der Waals surface area contributed by atoms with E-state index in [0.717, 1.165) is 34.3 Å². The lowest BCUT2D eigenvalue weighted by atomic mass is 10.1. The molecule has 2 aromatic heterocycles. The molecule has 0 saturated carbocycles. The van der Waals surface area contributed by atoms with Crippen LogP contribution in [0.2, 0.25) is 0 Å². The zero-order valence-corrected chi connectivity index (χ0v) is 14.7. The van der Waals surface area contributed by atoms with E-state index in [1.165, 1.54) is 6.07 Å². The number of carbonyl (C=O) groups excluding carboxylic acids is 1. The van der Waals surface area contributed by atoms with Crippen molar-refractivity contribution in [1.82, 2.24) is 15.3 Å². The maximum absolute atomic E-state index is 13.9. The molecule has 4 nitrogen and oxygen atoms in total. The molecule has 5 heteroatoms. The van der Waals surface area contributed by atoms with Gasteiger partial charge in [-0.3, -0.25) is 9.78 Å². The number of benzene rings is 1. The molecule has 0 spiro atoms. The Balaban J connectivity index is 1.80. The van der Waals surface area contributed by atoms with Gasteiger partial charge in [-0.1, -0.05) is 19.1 Å². The predicted octanol–water partition coefficient (Wildman–Crippen LogP) is 4.13. The number of aryl methyl sites for hydroxylation is 2. The lowest BCUT2D eigenvalue weighted by Crippen LogP contribution is -2.30. The Kier molecular flexibility index (Phi) is 4.83. The highest BCUT2D eigenvalue weighted by Crippen LogP contribution is 2.25. The van der Waals surface area contributed by atoms with Crippen LogP contribution in [-0.2, 0) is 11.2 Å². The van der Waals surface area contributed by atoms with Crippen LogP contribution in [0.25, 0.3) is 10.9 Å². The van der Waals surface area contributed by atoms with Crippen LogP contribution in [0.3, 0.4) is 0 Å². The fourth-order valence-corrected chi connectivity index (χ4v) is 3.14. The largest absolute Gasteiger partial charge is 0.356 e. The van der Waals surface area contributed by atoms with E-state index in [0.29, 0.717) is 5.52 Å². The van der Waals surface area contributed by atoms with E-state index < -0.39 is 0 Å². The van der Waals surface area contributed by atoms with Crippen molar-refractivity contribution in [2.75, 3.05) is 0 Å². The molecule has 0 unspecified atom stereocenters. The van der Waals surface area contributed by atoms with Crippen molar-refractivity contribution in [3.05, 3.63) is 64.9 Å². The average molecular weight is 339 g/mol. The van der Waals surface area contributed by atoms with Gasteiger partial charge in [0.25, 0.3) is 0 Å². The summed E-state index contributed by atoms with van der Waals surface area (Å²) in [7, 11) is 0. The van der Waals surface area contributed by atoms with E-state index >= 15 is 0 Å². The number of rotatable bonds is 5. The Hall–Kier alpha value is -2.69. The van der Waals surface area contributed by atoms with Gasteiger partial charge in [0.15, 0.2) is 0 Å². The molecule has 2 N–H and O–H groups in total. The molecule has 130 valence electrons. The van der Waals surface area contributed by atoms with Gasteiger partial charge in [-0.05, 0) is 49.6 Å². The SMILES string of the molecule is CC[C@@H](NC(=O)Cc1c(C)[nH]c2c(F)cccc12)c1cc(C)ccn1. The van der Waals surface area contributed by atoms with E-state index in [2.05, 4.69) is 15.3 Å². The highest BCUT2D eigenvalue weighted by Gasteiger charge is 2.18. The molecule has 0 bridgehead atoms. The lowest BCUT2D eigenvalue weighted by molar-refractivity contribution is -0.121. The quantitative estimate of drug-likeness (QED) is 0.734. The number of nitrogens with one attached hydrogen (secondary N) is 2. The first-order valence-corrected chi connectivity index (χ1v) is 8.47. The summed E-state index contributed by atoms with van der Waals surface area (Å²) >= 11 is 0. The Labute approximate surface area is 146 Å². The number of carbonyl (C=O) groups is 1. The second kappa shape index (κ2) is 7.05. The number of halogens is 1. The van der Waals surface area contributed by atoms with E-state index in [9.17, 15) is 9.18 Å². The third kappa shape index (κ3) is 3.55. The van der Waals surface area contributed by atoms with E-state index in [-0.39, 0.29) is 24.2 Å². The normalized spacial score (nSPS) is 12.3. The number of hydrogen-bond donors (Lipinski definition) is 2. The van der Waals surface area contributed by atoms with Crippen molar-refractivity contribution in [1.29, 1.82) is 0 Å². The summed E-state index contributed by atoms with van der Waals surface area (Å²) in [5.74, 6) is -0.397. The Morgan fingerprint density at radius 1 is 1.32 bits per heavy atom. The fraction of sp³-hybridized carbons (Fsp3) is 0.300. The highest BCUT2D eigenvalue weighted by molar-refractivity contribution is 5.90. The number of H-pyrrole nitrogens is 1. The van der Waals surface area contributed by atoms with Crippen LogP contribution in [-0.4, -0.2) is 15.9 Å². The summed E-state index contributed by atoms with van der Waals surface area (Å²) in [5.41, 5.74) is 4.07. The van der Waals surface area contributed by atoms with Crippen molar-refractivity contribution in [3.8, 4) is 0 Å². The van der Waals surface area contributed by atoms with Crippen molar-refractivity contribution < 1.29 is 9.18 Å². The third-order valence-corrected chi connectivity index (χ3v) is 4.48. The average Bonchev–Trinajstić information content (AvgIpc) is 2.90. The molecule has 0 aliphatic heterocycles. The second-order valence-corrected chi connectivity index (χ2v) is 6.35. The Bertz CT molecular complexity index is 916. The van der Waals surface area contributed by atoms with Gasteiger partial charge in [0, 0.05) is 17.3 Å². The maximum atomic E-state index is 13.9. The fourth-order valence-electron chi connectivity index (χ4n) is 3.14. The van der Waals surface area contributed by atoms with Gasteiger partial charge >= 0.3 is 0 Å². The molecule has 0 saturated heterocycles. The number of para-hydroxylation sites is 1. The molecule has 0 aliphatic carbocycles. The Morgan fingerprint density at radius 3 is 2.84 bits per heavy atom. The maximum Gasteiger partial charge on any atom is 0.225 e. The minimum atomic E-state index is -0.303. The number of aromatic nitrogens is 2. The van der Waals surface area contributed by atoms with Crippen LogP contribution in [0.5, 0.6) is 0 Å². The number of nitrogens with zero attached hydrogens (tertiary/aromatic N) is 1. The van der Waals surface area contributed by atoms with Crippen LogP contribution >= 0.6 is 0 Å². The molecule has 1 aromatic carbocycles. The molecular weight excluding hydrogens is 317 g/mol. The van der Waals surface area contributed by atoms with Crippen molar-refractivity contribution >= 4 is 16.8 Å². The standard InChI is InChI=1S/C20H22FN3O/c1-4-17(18-10-12(2)8-9-22-18)24-19(25)11-15-13(3)23-20-14(15)6-5-7-16(20)21/h5-10,17,23H,4,11H2,1-3H3,(H,24,25)/t17-/m1/s1. The van der Waals surface area contributed by atoms with Crippen LogP contribution in [0, 0.1) is 19.7 Å². The number of pyridine rings is 1. The van der Waals surface area contributed by atoms with Crippen molar-refractivity contribution in [2.45, 2.75) is 39.7 Å². The summed E-state index contributed by atoms with van der Waals surface area (Å²) in [6, 6.07) is 8.71. The van der Waals surface area contributed by atoms with Gasteiger partial charge in [-0.2, -0.15) is 0 Å². The predicted molar refractivity (Wildman–Crippen MR) is 96.8 cm³/mol. The zero-order chi connectivity index (χ0) is 18.0. The molecule has 0 aliphatic rings. The van der Waals surface area contributed by atoms with E-state index in [1.54, 1.807) is 12.3 Å². The summed E-state index contributed by atoms with van der Waals surface area (Å²) in [6.07, 6.45) is 2.72. The molecule has 3 aromatic rings. The zero-order valence-electron chi connectivity index (χ0n) is 14.7. The van der Waals surface area contributed by atoms with E-state index in [4.69, 9.17) is 0 Å². The minimum absolute atomic E-state index is 0.0941. The summed E-state index contributed by atoms with van der Waals surface area (Å²) in [5, 5.41) is 3.80. The lowest BCUT2D eigenvalue weighted by Gasteiger charge is -2.17. The van der Waals surface area contributed by atoms with E-state index in [1.807, 2.05) is 39.0 Å². The van der Waals surface area contributed by atoms with Gasteiger partial charge in [-0.25, -0.2) is 4.39 Å². The molecule has 0 fully saturated rings. The molecular formula is C20H22FN3O. The molecule has 1 amide bonds. The third-order valence-electron chi connectivity index (χ3n) is 4.48. The monoisotopic (exact) mass is 339 g/mol. The number of amides is 1.